The SMILES string of the molecule is CCCCC/C(=N\NC(=O)c1ccc(NC(=O)c2ccccc2C)cc1)c1ccccc1. The maximum Gasteiger partial charge on any atom is 0.271 e. The molecule has 5 heteroatoms. The van der Waals surface area contributed by atoms with Gasteiger partial charge in [0.05, 0.1) is 5.71 Å². The number of carbonyl (C=O) groups is 2. The van der Waals surface area contributed by atoms with Crippen molar-refractivity contribution in [2.45, 2.75) is 39.5 Å². The van der Waals surface area contributed by atoms with E-state index in [0.29, 0.717) is 16.8 Å². The van der Waals surface area contributed by atoms with Crippen LogP contribution in [-0.2, 0) is 0 Å². The van der Waals surface area contributed by atoms with E-state index in [0.717, 1.165) is 42.5 Å². The van der Waals surface area contributed by atoms with Crippen molar-refractivity contribution in [1.29, 1.82) is 0 Å². The number of nitrogens with zero attached hydrogens (tertiary/aromatic N) is 1. The zero-order valence-corrected chi connectivity index (χ0v) is 18.6. The molecule has 0 aliphatic carbocycles. The van der Waals surface area contributed by atoms with E-state index in [1.165, 1.54) is 0 Å². The Morgan fingerprint density at radius 1 is 0.781 bits per heavy atom. The summed E-state index contributed by atoms with van der Waals surface area (Å²) in [6.45, 7) is 4.06. The molecule has 0 radical (unpaired) electrons. The number of hydrogen-bond donors (Lipinski definition) is 2. The molecule has 2 N–H and O–H groups in total. The molecule has 0 spiro atoms. The standard InChI is InChI=1S/C27H29N3O2/c1-3-4-6-15-25(21-12-7-5-8-13-21)29-30-26(31)22-16-18-23(19-17-22)28-27(32)24-14-10-9-11-20(24)2/h5,7-14,16-19H,3-4,6,15H2,1-2H3,(H,28,32)(H,30,31)/b29-25+. The van der Waals surface area contributed by atoms with Crippen molar-refractivity contribution in [1.82, 2.24) is 5.43 Å². The number of amides is 2. The molecule has 3 aromatic rings. The second kappa shape index (κ2) is 11.6. The van der Waals surface area contributed by atoms with E-state index in [9.17, 15) is 9.59 Å². The number of anilines is 1. The van der Waals surface area contributed by atoms with E-state index in [1.807, 2.05) is 55.5 Å². The molecule has 32 heavy (non-hydrogen) atoms. The predicted octanol–water partition coefficient (Wildman–Crippen LogP) is 5.96. The van der Waals surface area contributed by atoms with Gasteiger partial charge in [0, 0.05) is 16.8 Å². The molecular formula is C27H29N3O2. The fourth-order valence-electron chi connectivity index (χ4n) is 3.35. The van der Waals surface area contributed by atoms with E-state index in [-0.39, 0.29) is 11.8 Å². The van der Waals surface area contributed by atoms with Gasteiger partial charge in [0.2, 0.25) is 0 Å². The van der Waals surface area contributed by atoms with Gasteiger partial charge in [-0.25, -0.2) is 5.43 Å². The van der Waals surface area contributed by atoms with Crippen molar-refractivity contribution < 1.29 is 9.59 Å². The van der Waals surface area contributed by atoms with Gasteiger partial charge in [-0.1, -0.05) is 68.3 Å². The Morgan fingerprint density at radius 2 is 1.47 bits per heavy atom. The second-order valence-corrected chi connectivity index (χ2v) is 7.67. The fourth-order valence-corrected chi connectivity index (χ4v) is 3.35. The Morgan fingerprint density at radius 3 is 2.16 bits per heavy atom. The highest BCUT2D eigenvalue weighted by atomic mass is 16.2. The molecule has 0 heterocycles. The third-order valence-corrected chi connectivity index (χ3v) is 5.21. The van der Waals surface area contributed by atoms with Crippen molar-refractivity contribution in [3.8, 4) is 0 Å². The summed E-state index contributed by atoms with van der Waals surface area (Å²) >= 11 is 0. The number of carbonyl (C=O) groups excluding carboxylic acids is 2. The summed E-state index contributed by atoms with van der Waals surface area (Å²) in [6.07, 6.45) is 4.08. The molecule has 0 unspecified atom stereocenters. The maximum absolute atomic E-state index is 12.6. The predicted molar refractivity (Wildman–Crippen MR) is 130 cm³/mol. The average molecular weight is 428 g/mol. The van der Waals surface area contributed by atoms with Crippen LogP contribution in [0.15, 0.2) is 84.0 Å². The van der Waals surface area contributed by atoms with Crippen LogP contribution < -0.4 is 10.7 Å². The van der Waals surface area contributed by atoms with Gasteiger partial charge in [0.15, 0.2) is 0 Å². The lowest BCUT2D eigenvalue weighted by Crippen LogP contribution is -2.20. The first-order valence-electron chi connectivity index (χ1n) is 11.0. The van der Waals surface area contributed by atoms with Gasteiger partial charge in [-0.3, -0.25) is 9.59 Å². The molecule has 3 rings (SSSR count). The lowest BCUT2D eigenvalue weighted by atomic mass is 10.0. The number of hydrazone groups is 1. The minimum atomic E-state index is -0.286. The van der Waals surface area contributed by atoms with Crippen molar-refractivity contribution in [2.75, 3.05) is 5.32 Å². The van der Waals surface area contributed by atoms with Crippen LogP contribution >= 0.6 is 0 Å². The first kappa shape index (κ1) is 22.9. The van der Waals surface area contributed by atoms with Crippen molar-refractivity contribution in [3.05, 3.63) is 101 Å². The largest absolute Gasteiger partial charge is 0.322 e. The number of unbranched alkanes of at least 4 members (excludes halogenated alkanes) is 2. The lowest BCUT2D eigenvalue weighted by Gasteiger charge is -2.09. The third-order valence-electron chi connectivity index (χ3n) is 5.21. The molecule has 0 atom stereocenters. The Labute approximate surface area is 189 Å². The van der Waals surface area contributed by atoms with Crippen LogP contribution in [0, 0.1) is 6.92 Å². The summed E-state index contributed by atoms with van der Waals surface area (Å²) in [5, 5.41) is 7.28. The summed E-state index contributed by atoms with van der Waals surface area (Å²) < 4.78 is 0. The quantitative estimate of drug-likeness (QED) is 0.251. The van der Waals surface area contributed by atoms with Crippen LogP contribution in [0.25, 0.3) is 0 Å². The Bertz CT molecular complexity index is 1070. The van der Waals surface area contributed by atoms with Crippen LogP contribution in [0.2, 0.25) is 0 Å². The van der Waals surface area contributed by atoms with E-state index in [1.54, 1.807) is 30.3 Å². The van der Waals surface area contributed by atoms with Crippen molar-refractivity contribution in [2.24, 2.45) is 5.10 Å². The highest BCUT2D eigenvalue weighted by Gasteiger charge is 2.10. The van der Waals surface area contributed by atoms with E-state index in [2.05, 4.69) is 22.8 Å². The van der Waals surface area contributed by atoms with Gasteiger partial charge in [0.1, 0.15) is 0 Å². The summed E-state index contributed by atoms with van der Waals surface area (Å²) in [5.41, 5.74) is 7.20. The normalized spacial score (nSPS) is 11.1. The first-order valence-corrected chi connectivity index (χ1v) is 11.0. The van der Waals surface area contributed by atoms with Gasteiger partial charge < -0.3 is 5.32 Å². The zero-order valence-electron chi connectivity index (χ0n) is 18.6. The summed E-state index contributed by atoms with van der Waals surface area (Å²) in [4.78, 5) is 25.1. The van der Waals surface area contributed by atoms with Gasteiger partial charge >= 0.3 is 0 Å². The van der Waals surface area contributed by atoms with Gasteiger partial charge in [0.25, 0.3) is 11.8 Å². The highest BCUT2D eigenvalue weighted by molar-refractivity contribution is 6.05. The van der Waals surface area contributed by atoms with E-state index in [4.69, 9.17) is 0 Å². The van der Waals surface area contributed by atoms with Crippen LogP contribution in [0.5, 0.6) is 0 Å². The van der Waals surface area contributed by atoms with Crippen LogP contribution in [0.1, 0.15) is 64.4 Å². The molecule has 0 saturated carbocycles. The molecule has 0 bridgehead atoms. The molecule has 0 saturated heterocycles. The number of benzene rings is 3. The monoisotopic (exact) mass is 427 g/mol. The molecule has 3 aromatic carbocycles. The third kappa shape index (κ3) is 6.38. The number of nitrogens with one attached hydrogen (secondary N) is 2. The fraction of sp³-hybridized carbons (Fsp3) is 0.222. The zero-order chi connectivity index (χ0) is 22.8. The van der Waals surface area contributed by atoms with Gasteiger partial charge in [-0.05, 0) is 61.2 Å². The Hall–Kier alpha value is -3.73. The summed E-state index contributed by atoms with van der Waals surface area (Å²) in [6, 6.07) is 24.1. The Balaban J connectivity index is 1.65. The number of rotatable bonds is 9. The van der Waals surface area contributed by atoms with Gasteiger partial charge in [-0.2, -0.15) is 5.10 Å². The van der Waals surface area contributed by atoms with Crippen LogP contribution in [-0.4, -0.2) is 17.5 Å². The molecule has 0 fully saturated rings. The molecule has 0 aliphatic heterocycles. The van der Waals surface area contributed by atoms with Crippen LogP contribution in [0.3, 0.4) is 0 Å². The molecule has 5 nitrogen and oxygen atoms in total. The maximum atomic E-state index is 12.6. The molecular weight excluding hydrogens is 398 g/mol. The highest BCUT2D eigenvalue weighted by Crippen LogP contribution is 2.14. The minimum absolute atomic E-state index is 0.176. The molecule has 2 amide bonds. The van der Waals surface area contributed by atoms with Crippen molar-refractivity contribution >= 4 is 23.2 Å². The molecule has 164 valence electrons. The van der Waals surface area contributed by atoms with Gasteiger partial charge in [-0.15, -0.1) is 0 Å². The number of hydrogen-bond acceptors (Lipinski definition) is 3. The Kier molecular flexibility index (Phi) is 8.32. The average Bonchev–Trinajstić information content (AvgIpc) is 2.82. The van der Waals surface area contributed by atoms with E-state index < -0.39 is 0 Å². The van der Waals surface area contributed by atoms with Crippen molar-refractivity contribution in [3.63, 3.8) is 0 Å². The minimum Gasteiger partial charge on any atom is -0.322 e. The van der Waals surface area contributed by atoms with Crippen LogP contribution in [0.4, 0.5) is 5.69 Å². The van der Waals surface area contributed by atoms with E-state index >= 15 is 0 Å². The summed E-state index contributed by atoms with van der Waals surface area (Å²) in [7, 11) is 0. The second-order valence-electron chi connectivity index (χ2n) is 7.67. The molecule has 0 aliphatic rings. The molecule has 0 aromatic heterocycles. The lowest BCUT2D eigenvalue weighted by molar-refractivity contribution is 0.0954. The number of aryl methyl sites for hydroxylation is 1. The summed E-state index contributed by atoms with van der Waals surface area (Å²) in [5.74, 6) is -0.463. The smallest absolute Gasteiger partial charge is 0.271 e. The first-order chi connectivity index (χ1) is 15.6. The topological polar surface area (TPSA) is 70.6 Å².